The van der Waals surface area contributed by atoms with Gasteiger partial charge in [0.1, 0.15) is 8.07 Å². The van der Waals surface area contributed by atoms with Gasteiger partial charge >= 0.3 is 21.7 Å². The van der Waals surface area contributed by atoms with Gasteiger partial charge in [-0.2, -0.15) is 35.7 Å². The summed E-state index contributed by atoms with van der Waals surface area (Å²) in [6, 6.07) is 38.1. The van der Waals surface area contributed by atoms with Crippen LogP contribution in [0.4, 0.5) is 0 Å². The van der Waals surface area contributed by atoms with E-state index in [2.05, 4.69) is 137 Å². The molecule has 0 spiro atoms. The Morgan fingerprint density at radius 3 is 1.37 bits per heavy atom. The Kier molecular flexibility index (Phi) is 11.9. The molecular weight excluding hydrogens is 472 g/mol. The van der Waals surface area contributed by atoms with Gasteiger partial charge in [0, 0.05) is 0 Å². The van der Waals surface area contributed by atoms with Crippen molar-refractivity contribution in [3.63, 3.8) is 0 Å². The standard InChI is InChI=1S/C25H20Si.2C4H9.Ti/c1-26(23-13-3-2-4-14-23,24-15-19-9-5-6-10-20(19)16-24)25-17-21-11-7-8-12-22(21)18-25;2*1-3-4-2;/h2-18H,1H3;2*1,3-4H2,2H3;/q-2;2*-1;+4. The zero-order chi connectivity index (χ0) is 24.4. The van der Waals surface area contributed by atoms with Crippen LogP contribution in [0.2, 0.25) is 6.55 Å². The van der Waals surface area contributed by atoms with Crippen molar-refractivity contribution in [1.29, 1.82) is 0 Å². The SMILES string of the molecule is C[Si](c1ccccc1)(c1cc2ccccc2[cH-]1)c1cc2ccccc2[cH-]1.[CH2-]CCC.[CH2-]CCC.[Ti+4]. The second-order valence-electron chi connectivity index (χ2n) is 8.94. The largest absolute Gasteiger partial charge is 4.00 e. The van der Waals surface area contributed by atoms with Gasteiger partial charge in [-0.05, 0) is 0 Å². The van der Waals surface area contributed by atoms with E-state index in [-0.39, 0.29) is 21.7 Å². The Morgan fingerprint density at radius 1 is 0.629 bits per heavy atom. The maximum atomic E-state index is 3.60. The van der Waals surface area contributed by atoms with E-state index in [1.165, 1.54) is 49.9 Å². The first kappa shape index (κ1) is 29.0. The fourth-order valence-electron chi connectivity index (χ4n) is 4.15. The molecule has 0 nitrogen and oxygen atoms in total. The molecule has 2 heteroatoms. The summed E-state index contributed by atoms with van der Waals surface area (Å²) in [6.45, 7) is 13.9. The van der Waals surface area contributed by atoms with Crippen LogP contribution in [0.1, 0.15) is 39.5 Å². The molecule has 178 valence electrons. The molecular formula is C33H38SiTi. The number of fused-ring (bicyclic) bond motifs is 2. The van der Waals surface area contributed by atoms with E-state index >= 15 is 0 Å². The Morgan fingerprint density at radius 2 is 1.00 bits per heavy atom. The van der Waals surface area contributed by atoms with Crippen molar-refractivity contribution in [2.45, 2.75) is 46.1 Å². The van der Waals surface area contributed by atoms with Crippen molar-refractivity contribution < 1.29 is 21.7 Å². The molecule has 0 saturated heterocycles. The molecule has 0 heterocycles. The van der Waals surface area contributed by atoms with Crippen molar-refractivity contribution in [3.05, 3.63) is 117 Å². The summed E-state index contributed by atoms with van der Waals surface area (Å²) in [5, 5.41) is 9.80. The first-order valence-corrected chi connectivity index (χ1v) is 15.0. The zero-order valence-electron chi connectivity index (χ0n) is 21.6. The van der Waals surface area contributed by atoms with Crippen LogP contribution in [0.3, 0.4) is 0 Å². The summed E-state index contributed by atoms with van der Waals surface area (Å²) < 4.78 is 0. The summed E-state index contributed by atoms with van der Waals surface area (Å²) in [7, 11) is -2.04. The van der Waals surface area contributed by atoms with Gasteiger partial charge < -0.3 is 13.8 Å². The third-order valence-corrected chi connectivity index (χ3v) is 10.8. The van der Waals surface area contributed by atoms with Gasteiger partial charge in [0.05, 0.1) is 0 Å². The molecule has 0 aliphatic heterocycles. The van der Waals surface area contributed by atoms with Crippen LogP contribution in [-0.4, -0.2) is 8.07 Å². The number of benzene rings is 3. The maximum absolute atomic E-state index is 3.60. The second kappa shape index (κ2) is 14.4. The fourth-order valence-corrected chi connectivity index (χ4v) is 7.79. The summed E-state index contributed by atoms with van der Waals surface area (Å²) in [5.74, 6) is 0. The molecule has 0 atom stereocenters. The molecule has 35 heavy (non-hydrogen) atoms. The molecule has 0 bridgehead atoms. The molecule has 0 aromatic heterocycles. The molecule has 0 N–H and O–H groups in total. The van der Waals surface area contributed by atoms with Gasteiger partial charge in [-0.25, -0.2) is 0 Å². The van der Waals surface area contributed by atoms with Gasteiger partial charge in [-0.3, -0.25) is 0 Å². The molecule has 0 fully saturated rings. The van der Waals surface area contributed by atoms with E-state index in [9.17, 15) is 0 Å². The molecule has 0 aliphatic carbocycles. The van der Waals surface area contributed by atoms with E-state index in [1.54, 1.807) is 0 Å². The minimum Gasteiger partial charge on any atom is -0.343 e. The first-order chi connectivity index (χ1) is 16.6. The Hall–Kier alpha value is -2.19. The number of rotatable bonds is 5. The number of unbranched alkanes of at least 4 members (excludes halogenated alkanes) is 2. The average Bonchev–Trinajstić information content (AvgIpc) is 3.54. The third-order valence-electron chi connectivity index (χ3n) is 6.45. The van der Waals surface area contributed by atoms with Crippen molar-refractivity contribution in [2.75, 3.05) is 0 Å². The van der Waals surface area contributed by atoms with Crippen LogP contribution in [-0.2, 0) is 21.7 Å². The van der Waals surface area contributed by atoms with E-state index in [1.807, 2.05) is 0 Å². The zero-order valence-corrected chi connectivity index (χ0v) is 24.1. The van der Waals surface area contributed by atoms with E-state index in [0.717, 1.165) is 12.8 Å². The van der Waals surface area contributed by atoms with Crippen molar-refractivity contribution in [2.24, 2.45) is 0 Å². The van der Waals surface area contributed by atoms with Crippen LogP contribution >= 0.6 is 0 Å². The quantitative estimate of drug-likeness (QED) is 0.167. The van der Waals surface area contributed by atoms with Gasteiger partial charge in [-0.15, -0.1) is 69.7 Å². The van der Waals surface area contributed by atoms with Gasteiger partial charge in [0.15, 0.2) is 0 Å². The molecule has 5 aromatic carbocycles. The predicted molar refractivity (Wildman–Crippen MR) is 157 cm³/mol. The van der Waals surface area contributed by atoms with Gasteiger partial charge in [0.2, 0.25) is 0 Å². The third kappa shape index (κ3) is 6.94. The van der Waals surface area contributed by atoms with Gasteiger partial charge in [0.25, 0.3) is 0 Å². The van der Waals surface area contributed by atoms with Crippen LogP contribution < -0.4 is 15.6 Å². The number of hydrogen-bond acceptors (Lipinski definition) is 0. The second-order valence-corrected chi connectivity index (χ2v) is 12.9. The van der Waals surface area contributed by atoms with Crippen LogP contribution in [0, 0.1) is 13.8 Å². The van der Waals surface area contributed by atoms with E-state index in [0.29, 0.717) is 0 Å². The summed E-state index contributed by atoms with van der Waals surface area (Å²) >= 11 is 0. The molecule has 5 aromatic rings. The molecule has 5 rings (SSSR count). The van der Waals surface area contributed by atoms with Crippen molar-refractivity contribution in [1.82, 2.24) is 0 Å². The minimum absolute atomic E-state index is 0. The summed E-state index contributed by atoms with van der Waals surface area (Å²) in [4.78, 5) is 0. The number of hydrogen-bond donors (Lipinski definition) is 0. The van der Waals surface area contributed by atoms with Crippen LogP contribution in [0.15, 0.2) is 103 Å². The van der Waals surface area contributed by atoms with E-state index < -0.39 is 8.07 Å². The molecule has 0 unspecified atom stereocenters. The first-order valence-electron chi connectivity index (χ1n) is 12.5. The Balaban J connectivity index is 0.000000423. The van der Waals surface area contributed by atoms with Crippen LogP contribution in [0.25, 0.3) is 21.5 Å². The van der Waals surface area contributed by atoms with Crippen LogP contribution in [0.5, 0.6) is 0 Å². The predicted octanol–water partition coefficient (Wildman–Crippen LogP) is 7.77. The Labute approximate surface area is 229 Å². The van der Waals surface area contributed by atoms with E-state index in [4.69, 9.17) is 0 Å². The van der Waals surface area contributed by atoms with Gasteiger partial charge in [-0.1, -0.05) is 80.9 Å². The summed E-state index contributed by atoms with van der Waals surface area (Å²) in [6.07, 6.45) is 4.56. The molecule has 0 saturated carbocycles. The van der Waals surface area contributed by atoms with Crippen molar-refractivity contribution in [3.8, 4) is 0 Å². The fraction of sp³-hybridized carbons (Fsp3) is 0.212. The monoisotopic (exact) mass is 510 g/mol. The molecule has 0 radical (unpaired) electrons. The molecule has 0 aliphatic rings. The van der Waals surface area contributed by atoms with Crippen molar-refractivity contribution >= 4 is 45.2 Å². The normalized spacial score (nSPS) is 10.7. The average molecular weight is 511 g/mol. The smallest absolute Gasteiger partial charge is 0.343 e. The summed E-state index contributed by atoms with van der Waals surface area (Å²) in [5.41, 5.74) is 0. The Bertz CT molecular complexity index is 1110. The topological polar surface area (TPSA) is 0 Å². The maximum Gasteiger partial charge on any atom is 4.00 e. The molecule has 0 amide bonds. The minimum atomic E-state index is -2.04.